The van der Waals surface area contributed by atoms with Gasteiger partial charge in [-0.15, -0.1) is 0 Å². The number of hydrogen-bond acceptors (Lipinski definition) is 2. The number of aromatic nitrogens is 2. The van der Waals surface area contributed by atoms with Crippen LogP contribution in [0, 0.1) is 0 Å². The zero-order valence-corrected chi connectivity index (χ0v) is 9.91. The van der Waals surface area contributed by atoms with E-state index in [2.05, 4.69) is 34.1 Å². The van der Waals surface area contributed by atoms with Crippen LogP contribution in [0.1, 0.15) is 12.6 Å². The van der Waals surface area contributed by atoms with Gasteiger partial charge in [-0.05, 0) is 25.1 Å². The van der Waals surface area contributed by atoms with Gasteiger partial charge in [-0.1, -0.05) is 11.6 Å². The third-order valence-electron chi connectivity index (χ3n) is 2.49. The van der Waals surface area contributed by atoms with Crippen molar-refractivity contribution in [3.05, 3.63) is 47.5 Å². The second kappa shape index (κ2) is 5.03. The molecule has 0 atom stereocenters. The van der Waals surface area contributed by atoms with Crippen LogP contribution >= 0.6 is 11.6 Å². The SMILES string of the molecule is CCn1cccc1CNc1cnccc1Cl. The maximum absolute atomic E-state index is 6.03. The molecule has 0 saturated carbocycles. The standard InChI is InChI=1S/C12H14ClN3/c1-2-16-7-3-4-10(16)8-15-12-9-14-6-5-11(12)13/h3-7,9,15H,2,8H2,1H3. The fourth-order valence-electron chi connectivity index (χ4n) is 1.61. The van der Waals surface area contributed by atoms with Crippen LogP contribution in [0.2, 0.25) is 5.02 Å². The molecular formula is C12H14ClN3. The Balaban J connectivity index is 2.05. The maximum Gasteiger partial charge on any atom is 0.0719 e. The summed E-state index contributed by atoms with van der Waals surface area (Å²) in [5.74, 6) is 0. The van der Waals surface area contributed by atoms with E-state index in [1.54, 1.807) is 18.5 Å². The first-order chi connectivity index (χ1) is 7.81. The first kappa shape index (κ1) is 11.0. The van der Waals surface area contributed by atoms with Crippen molar-refractivity contribution in [3.8, 4) is 0 Å². The molecule has 0 saturated heterocycles. The Bertz CT molecular complexity index is 465. The summed E-state index contributed by atoms with van der Waals surface area (Å²) in [7, 11) is 0. The van der Waals surface area contributed by atoms with E-state index in [0.717, 1.165) is 18.8 Å². The summed E-state index contributed by atoms with van der Waals surface area (Å²) in [6.07, 6.45) is 5.49. The highest BCUT2D eigenvalue weighted by atomic mass is 35.5. The highest BCUT2D eigenvalue weighted by molar-refractivity contribution is 6.33. The molecule has 0 aliphatic heterocycles. The van der Waals surface area contributed by atoms with Crippen LogP contribution in [0.25, 0.3) is 0 Å². The quantitative estimate of drug-likeness (QED) is 0.882. The molecule has 2 aromatic rings. The van der Waals surface area contributed by atoms with Crippen LogP contribution in [0.3, 0.4) is 0 Å². The van der Waals surface area contributed by atoms with Gasteiger partial charge in [0.1, 0.15) is 0 Å². The largest absolute Gasteiger partial charge is 0.377 e. The Labute approximate surface area is 100 Å². The second-order valence-electron chi connectivity index (χ2n) is 3.49. The molecule has 0 aromatic carbocycles. The van der Waals surface area contributed by atoms with Crippen molar-refractivity contribution >= 4 is 17.3 Å². The molecule has 0 aliphatic carbocycles. The Morgan fingerprint density at radius 3 is 3.06 bits per heavy atom. The van der Waals surface area contributed by atoms with Crippen molar-refractivity contribution in [2.24, 2.45) is 0 Å². The Kier molecular flexibility index (Phi) is 3.47. The van der Waals surface area contributed by atoms with Crippen molar-refractivity contribution < 1.29 is 0 Å². The van der Waals surface area contributed by atoms with Crippen molar-refractivity contribution in [1.82, 2.24) is 9.55 Å². The molecule has 0 unspecified atom stereocenters. The number of hydrogen-bond donors (Lipinski definition) is 1. The molecule has 0 bridgehead atoms. The molecule has 0 fully saturated rings. The normalized spacial score (nSPS) is 10.4. The molecule has 2 rings (SSSR count). The molecule has 84 valence electrons. The van der Waals surface area contributed by atoms with E-state index in [4.69, 9.17) is 11.6 Å². The van der Waals surface area contributed by atoms with Crippen molar-refractivity contribution in [2.75, 3.05) is 5.32 Å². The van der Waals surface area contributed by atoms with Crippen LogP contribution in [0.15, 0.2) is 36.8 Å². The van der Waals surface area contributed by atoms with Gasteiger partial charge in [0.25, 0.3) is 0 Å². The lowest BCUT2D eigenvalue weighted by Crippen LogP contribution is -2.06. The minimum Gasteiger partial charge on any atom is -0.377 e. The summed E-state index contributed by atoms with van der Waals surface area (Å²) in [4.78, 5) is 4.03. The van der Waals surface area contributed by atoms with Crippen LogP contribution < -0.4 is 5.32 Å². The minimum absolute atomic E-state index is 0.699. The van der Waals surface area contributed by atoms with Crippen LogP contribution in [0.4, 0.5) is 5.69 Å². The van der Waals surface area contributed by atoms with E-state index in [9.17, 15) is 0 Å². The van der Waals surface area contributed by atoms with E-state index >= 15 is 0 Å². The Hall–Kier alpha value is -1.48. The average Bonchev–Trinajstić information content (AvgIpc) is 2.75. The molecule has 0 radical (unpaired) electrons. The van der Waals surface area contributed by atoms with Crippen molar-refractivity contribution in [3.63, 3.8) is 0 Å². The van der Waals surface area contributed by atoms with E-state index in [0.29, 0.717) is 5.02 Å². The lowest BCUT2D eigenvalue weighted by Gasteiger charge is -2.09. The smallest absolute Gasteiger partial charge is 0.0719 e. The number of halogens is 1. The van der Waals surface area contributed by atoms with Gasteiger partial charge < -0.3 is 9.88 Å². The molecule has 3 nitrogen and oxygen atoms in total. The van der Waals surface area contributed by atoms with Gasteiger partial charge in [0.2, 0.25) is 0 Å². The van der Waals surface area contributed by atoms with Crippen LogP contribution in [-0.4, -0.2) is 9.55 Å². The number of nitrogens with zero attached hydrogens (tertiary/aromatic N) is 2. The van der Waals surface area contributed by atoms with Gasteiger partial charge in [0.15, 0.2) is 0 Å². The summed E-state index contributed by atoms with van der Waals surface area (Å²) >= 11 is 6.03. The average molecular weight is 236 g/mol. The van der Waals surface area contributed by atoms with Crippen molar-refractivity contribution in [1.29, 1.82) is 0 Å². The van der Waals surface area contributed by atoms with Gasteiger partial charge in [0.05, 0.1) is 23.5 Å². The fraction of sp³-hybridized carbons (Fsp3) is 0.250. The summed E-state index contributed by atoms with van der Waals surface area (Å²) in [6.45, 7) is 3.86. The van der Waals surface area contributed by atoms with Crippen LogP contribution in [0.5, 0.6) is 0 Å². The highest BCUT2D eigenvalue weighted by Gasteiger charge is 2.01. The molecule has 2 heterocycles. The number of aryl methyl sites for hydroxylation is 1. The van der Waals surface area contributed by atoms with Gasteiger partial charge in [-0.25, -0.2) is 0 Å². The third-order valence-corrected chi connectivity index (χ3v) is 2.82. The van der Waals surface area contributed by atoms with E-state index in [1.165, 1.54) is 5.69 Å². The van der Waals surface area contributed by atoms with Gasteiger partial charge in [-0.3, -0.25) is 4.98 Å². The lowest BCUT2D eigenvalue weighted by atomic mass is 10.3. The topological polar surface area (TPSA) is 29.9 Å². The molecule has 0 aliphatic rings. The predicted molar refractivity (Wildman–Crippen MR) is 66.7 cm³/mol. The van der Waals surface area contributed by atoms with E-state index in [1.807, 2.05) is 6.07 Å². The molecule has 1 N–H and O–H groups in total. The number of anilines is 1. The van der Waals surface area contributed by atoms with Crippen LogP contribution in [-0.2, 0) is 13.1 Å². The zero-order chi connectivity index (χ0) is 11.4. The molecule has 0 amide bonds. The lowest BCUT2D eigenvalue weighted by molar-refractivity contribution is 0.724. The van der Waals surface area contributed by atoms with Gasteiger partial charge in [0, 0.05) is 24.6 Å². The Morgan fingerprint density at radius 2 is 2.31 bits per heavy atom. The first-order valence-corrected chi connectivity index (χ1v) is 5.66. The first-order valence-electron chi connectivity index (χ1n) is 5.28. The van der Waals surface area contributed by atoms with Crippen molar-refractivity contribution in [2.45, 2.75) is 20.0 Å². The minimum atomic E-state index is 0.699. The highest BCUT2D eigenvalue weighted by Crippen LogP contribution is 2.19. The second-order valence-corrected chi connectivity index (χ2v) is 3.90. The number of pyridine rings is 1. The van der Waals surface area contributed by atoms with Gasteiger partial charge >= 0.3 is 0 Å². The number of nitrogens with one attached hydrogen (secondary N) is 1. The summed E-state index contributed by atoms with van der Waals surface area (Å²) in [6, 6.07) is 5.93. The molecule has 0 spiro atoms. The predicted octanol–water partition coefficient (Wildman–Crippen LogP) is 3.17. The fourth-order valence-corrected chi connectivity index (χ4v) is 1.78. The molecular weight excluding hydrogens is 222 g/mol. The van der Waals surface area contributed by atoms with E-state index < -0.39 is 0 Å². The monoisotopic (exact) mass is 235 g/mol. The Morgan fingerprint density at radius 1 is 1.44 bits per heavy atom. The molecule has 2 aromatic heterocycles. The maximum atomic E-state index is 6.03. The summed E-state index contributed by atoms with van der Waals surface area (Å²) < 4.78 is 2.19. The molecule has 16 heavy (non-hydrogen) atoms. The summed E-state index contributed by atoms with van der Waals surface area (Å²) in [5, 5.41) is 3.97. The summed E-state index contributed by atoms with van der Waals surface area (Å²) in [5.41, 5.74) is 2.11. The zero-order valence-electron chi connectivity index (χ0n) is 9.15. The van der Waals surface area contributed by atoms with E-state index in [-0.39, 0.29) is 0 Å². The number of rotatable bonds is 4. The van der Waals surface area contributed by atoms with Gasteiger partial charge in [-0.2, -0.15) is 0 Å². The third kappa shape index (κ3) is 2.36. The molecule has 4 heteroatoms.